The lowest BCUT2D eigenvalue weighted by Gasteiger charge is -2.58. The first-order valence-corrected chi connectivity index (χ1v) is 22.7. The molecule has 4 aliphatic rings. The number of rotatable bonds is 19. The molecule has 2 aromatic rings. The average Bonchev–Trinajstić information content (AvgIpc) is 3.56. The Hall–Kier alpha value is -3.88. The van der Waals surface area contributed by atoms with Gasteiger partial charge in [-0.3, -0.25) is 19.7 Å². The first kappa shape index (κ1) is 43.7. The molecule has 0 saturated heterocycles. The molecule has 1 unspecified atom stereocenters. The number of esters is 2. The smallest absolute Gasteiger partial charge is 0.311 e. The Morgan fingerprint density at radius 1 is 0.776 bits per heavy atom. The summed E-state index contributed by atoms with van der Waals surface area (Å²) >= 11 is 0. The molecule has 3 saturated carbocycles. The van der Waals surface area contributed by atoms with E-state index >= 15 is 0 Å². The number of ether oxygens (including phenoxy) is 2. The van der Waals surface area contributed by atoms with Gasteiger partial charge in [-0.15, -0.1) is 0 Å². The minimum atomic E-state index is -0.461. The van der Waals surface area contributed by atoms with E-state index in [0.717, 1.165) is 93.3 Å². The monoisotopic (exact) mass is 796 g/mol. The van der Waals surface area contributed by atoms with Gasteiger partial charge in [0, 0.05) is 31.4 Å². The fraction of sp³-hybridized carbons (Fsp3) is 0.673. The molecule has 9 nitrogen and oxygen atoms in total. The molecule has 4 aliphatic carbocycles. The van der Waals surface area contributed by atoms with Crippen molar-refractivity contribution in [2.75, 3.05) is 0 Å². The van der Waals surface area contributed by atoms with Crippen molar-refractivity contribution in [3.8, 4) is 5.75 Å². The third-order valence-electron chi connectivity index (χ3n) is 15.0. The van der Waals surface area contributed by atoms with Crippen LogP contribution in [0.5, 0.6) is 5.75 Å². The lowest BCUT2D eigenvalue weighted by atomic mass is 9.47. The molecule has 3 fully saturated rings. The number of nitro groups is 1. The zero-order valence-electron chi connectivity index (χ0n) is 36.0. The van der Waals surface area contributed by atoms with E-state index < -0.39 is 4.92 Å². The number of nitrogens with zero attached hydrogens (tertiary/aromatic N) is 3. The van der Waals surface area contributed by atoms with Crippen LogP contribution < -0.4 is 4.74 Å². The molecule has 0 heterocycles. The summed E-state index contributed by atoms with van der Waals surface area (Å²) in [6.07, 6.45) is 23.1. The highest BCUT2D eigenvalue weighted by Crippen LogP contribution is 2.67. The molecule has 0 N–H and O–H groups in total. The van der Waals surface area contributed by atoms with Gasteiger partial charge in [-0.25, -0.2) is 0 Å². The normalized spacial score (nSPS) is 28.3. The van der Waals surface area contributed by atoms with Gasteiger partial charge in [-0.1, -0.05) is 91.2 Å². The average molecular weight is 796 g/mol. The SMILES string of the molecule is CC(C)CCC[C@@H](C)[C@H]1CC[C@H]2[C@@H]3CC=C4CC(OC(=O)CCCCCCCCC(=O)Oc5ccc(N=Nc6ccc([N+](=O)[O-])cc6)cc5)CC[C@]4(C)[C@H]3CC[C@]12C. The largest absolute Gasteiger partial charge is 0.462 e. The van der Waals surface area contributed by atoms with Crippen molar-refractivity contribution in [2.24, 2.45) is 56.6 Å². The number of azo groups is 1. The summed E-state index contributed by atoms with van der Waals surface area (Å²) in [5, 5.41) is 19.0. The van der Waals surface area contributed by atoms with Crippen molar-refractivity contribution in [2.45, 2.75) is 163 Å². The van der Waals surface area contributed by atoms with E-state index in [1.54, 1.807) is 29.8 Å². The van der Waals surface area contributed by atoms with Crippen molar-refractivity contribution in [3.63, 3.8) is 0 Å². The quantitative estimate of drug-likeness (QED) is 0.0265. The van der Waals surface area contributed by atoms with Crippen molar-refractivity contribution >= 4 is 29.0 Å². The molecule has 2 aromatic carbocycles. The molecule has 0 radical (unpaired) electrons. The van der Waals surface area contributed by atoms with Gasteiger partial charge in [0.25, 0.3) is 5.69 Å². The Morgan fingerprint density at radius 2 is 1.41 bits per heavy atom. The van der Waals surface area contributed by atoms with Gasteiger partial charge >= 0.3 is 11.9 Å². The third kappa shape index (κ3) is 10.8. The Balaban J connectivity index is 0.832. The number of hydrogen-bond donors (Lipinski definition) is 0. The van der Waals surface area contributed by atoms with Crippen LogP contribution in [0.1, 0.15) is 157 Å². The highest BCUT2D eigenvalue weighted by molar-refractivity contribution is 5.72. The van der Waals surface area contributed by atoms with Gasteiger partial charge in [-0.2, -0.15) is 10.2 Å². The van der Waals surface area contributed by atoms with E-state index in [0.29, 0.717) is 35.4 Å². The summed E-state index contributed by atoms with van der Waals surface area (Å²) in [5.41, 5.74) is 3.43. The molecule has 0 spiro atoms. The van der Waals surface area contributed by atoms with Crippen LogP contribution in [0, 0.1) is 56.5 Å². The predicted molar refractivity (Wildman–Crippen MR) is 229 cm³/mol. The van der Waals surface area contributed by atoms with Crippen molar-refractivity contribution in [1.82, 2.24) is 0 Å². The molecule has 8 atom stereocenters. The van der Waals surface area contributed by atoms with Gasteiger partial charge < -0.3 is 9.47 Å². The van der Waals surface area contributed by atoms with Gasteiger partial charge in [0.2, 0.25) is 0 Å². The predicted octanol–water partition coefficient (Wildman–Crippen LogP) is 14.0. The van der Waals surface area contributed by atoms with Crippen LogP contribution in [-0.2, 0) is 14.3 Å². The summed E-state index contributed by atoms with van der Waals surface area (Å²) in [6.45, 7) is 12.5. The molecule has 0 aromatic heterocycles. The second-order valence-electron chi connectivity index (χ2n) is 19.2. The fourth-order valence-corrected chi connectivity index (χ4v) is 11.8. The van der Waals surface area contributed by atoms with Crippen LogP contribution in [0.15, 0.2) is 70.4 Å². The van der Waals surface area contributed by atoms with E-state index in [-0.39, 0.29) is 29.1 Å². The Bertz CT molecular complexity index is 1750. The first-order valence-electron chi connectivity index (χ1n) is 22.7. The standard InChI is InChI=1S/C49H69N3O6/c1-34(2)13-12-14-35(3)43-27-28-44-42-26-17-36-33-41(29-31-48(36,4)45(42)30-32-49(43,44)5)58-47(54)16-11-9-7-6-8-10-15-46(53)57-40-24-20-38(21-25-40)51-50-37-18-22-39(23-19-37)52(55)56/h17-25,34-35,41-45H,6-16,26-33H2,1-5H3/t35-,41?,42+,43-,44+,45+,48+,49-/m1/s1. The fourth-order valence-electron chi connectivity index (χ4n) is 11.8. The minimum Gasteiger partial charge on any atom is -0.462 e. The molecular formula is C49H69N3O6. The van der Waals surface area contributed by atoms with Gasteiger partial charge in [0.1, 0.15) is 11.9 Å². The highest BCUT2D eigenvalue weighted by atomic mass is 16.6. The van der Waals surface area contributed by atoms with Crippen molar-refractivity contribution in [1.29, 1.82) is 0 Å². The molecule has 0 amide bonds. The summed E-state index contributed by atoms with van der Waals surface area (Å²) in [5.74, 6) is 5.15. The number of carbonyl (C=O) groups excluding carboxylic acids is 2. The van der Waals surface area contributed by atoms with Crippen LogP contribution in [0.4, 0.5) is 17.1 Å². The number of non-ortho nitro benzene ring substituents is 1. The van der Waals surface area contributed by atoms with E-state index in [1.165, 1.54) is 75.6 Å². The summed E-state index contributed by atoms with van der Waals surface area (Å²) in [6, 6.07) is 12.6. The molecular weight excluding hydrogens is 727 g/mol. The van der Waals surface area contributed by atoms with E-state index in [2.05, 4.69) is 50.9 Å². The summed E-state index contributed by atoms with van der Waals surface area (Å²) in [4.78, 5) is 35.6. The van der Waals surface area contributed by atoms with E-state index in [4.69, 9.17) is 9.47 Å². The second-order valence-corrected chi connectivity index (χ2v) is 19.2. The van der Waals surface area contributed by atoms with Crippen LogP contribution >= 0.6 is 0 Å². The number of benzene rings is 2. The Labute approximate surface area is 347 Å². The second kappa shape index (κ2) is 19.9. The zero-order chi connectivity index (χ0) is 41.3. The lowest BCUT2D eigenvalue weighted by molar-refractivity contribution is -0.384. The van der Waals surface area contributed by atoms with Crippen LogP contribution in [0.2, 0.25) is 0 Å². The molecule has 0 aliphatic heterocycles. The minimum absolute atomic E-state index is 0.00382. The summed E-state index contributed by atoms with van der Waals surface area (Å²) < 4.78 is 11.6. The number of unbranched alkanes of at least 4 members (excludes halogenated alkanes) is 5. The zero-order valence-corrected chi connectivity index (χ0v) is 36.0. The highest BCUT2D eigenvalue weighted by Gasteiger charge is 2.59. The molecule has 9 heteroatoms. The number of hydrogen-bond acceptors (Lipinski definition) is 8. The number of allylic oxidation sites excluding steroid dienone is 1. The Morgan fingerprint density at radius 3 is 2.07 bits per heavy atom. The van der Waals surface area contributed by atoms with Crippen LogP contribution in [-0.4, -0.2) is 23.0 Å². The van der Waals surface area contributed by atoms with Gasteiger partial charge in [0.05, 0.1) is 16.3 Å². The van der Waals surface area contributed by atoms with Gasteiger partial charge in [-0.05, 0) is 141 Å². The number of nitro benzene ring substituents is 1. The number of fused-ring (bicyclic) bond motifs is 5. The van der Waals surface area contributed by atoms with E-state index in [9.17, 15) is 19.7 Å². The molecule has 6 rings (SSSR count). The lowest BCUT2D eigenvalue weighted by Crippen LogP contribution is -2.51. The Kier molecular flexibility index (Phi) is 15.0. The molecule has 316 valence electrons. The maximum absolute atomic E-state index is 12.9. The van der Waals surface area contributed by atoms with Gasteiger partial charge in [0.15, 0.2) is 0 Å². The van der Waals surface area contributed by atoms with Crippen LogP contribution in [0.3, 0.4) is 0 Å². The molecule has 58 heavy (non-hydrogen) atoms. The van der Waals surface area contributed by atoms with Crippen molar-refractivity contribution in [3.05, 3.63) is 70.3 Å². The van der Waals surface area contributed by atoms with Crippen molar-refractivity contribution < 1.29 is 24.0 Å². The summed E-state index contributed by atoms with van der Waals surface area (Å²) in [7, 11) is 0. The van der Waals surface area contributed by atoms with Crippen LogP contribution in [0.25, 0.3) is 0 Å². The molecule has 0 bridgehead atoms. The maximum atomic E-state index is 12.9. The topological polar surface area (TPSA) is 120 Å². The van der Waals surface area contributed by atoms with E-state index in [1.807, 2.05) is 0 Å². The third-order valence-corrected chi connectivity index (χ3v) is 15.0. The maximum Gasteiger partial charge on any atom is 0.311 e. The first-order chi connectivity index (χ1) is 27.9. The number of carbonyl (C=O) groups is 2.